The van der Waals surface area contributed by atoms with E-state index in [4.69, 9.17) is 0 Å². The van der Waals surface area contributed by atoms with Gasteiger partial charge in [-0.05, 0) is 55.0 Å². The fourth-order valence-electron chi connectivity index (χ4n) is 5.07. The molecule has 1 heterocycles. The van der Waals surface area contributed by atoms with Crippen molar-refractivity contribution in [3.05, 3.63) is 46.8 Å². The lowest BCUT2D eigenvalue weighted by Crippen LogP contribution is -2.49. The first-order valence-corrected chi connectivity index (χ1v) is 12.1. The molecule has 0 unspecified atom stereocenters. The van der Waals surface area contributed by atoms with Gasteiger partial charge >= 0.3 is 12.4 Å². The molecule has 2 fully saturated rings. The van der Waals surface area contributed by atoms with Crippen LogP contribution in [0.25, 0.3) is 0 Å². The van der Waals surface area contributed by atoms with Crippen LogP contribution in [0.1, 0.15) is 62.1 Å². The normalized spacial score (nSPS) is 19.5. The Morgan fingerprint density at radius 3 is 1.97 bits per heavy atom. The van der Waals surface area contributed by atoms with Gasteiger partial charge in [-0.1, -0.05) is 26.2 Å². The van der Waals surface area contributed by atoms with E-state index in [1.165, 1.54) is 32.1 Å². The van der Waals surface area contributed by atoms with Crippen LogP contribution < -0.4 is 0 Å². The molecule has 1 aromatic carbocycles. The molecule has 0 N–H and O–H groups in total. The Labute approximate surface area is 198 Å². The first-order valence-electron chi connectivity index (χ1n) is 12.1. The largest absolute Gasteiger partial charge is 0.416 e. The third kappa shape index (κ3) is 7.30. The molecule has 1 aliphatic carbocycles. The number of allylic oxidation sites excluding steroid dienone is 1. The van der Waals surface area contributed by atoms with Crippen LogP contribution in [0.2, 0.25) is 0 Å². The summed E-state index contributed by atoms with van der Waals surface area (Å²) in [7, 11) is 1.73. The average molecular weight is 492 g/mol. The summed E-state index contributed by atoms with van der Waals surface area (Å²) in [5, 5.41) is 0. The van der Waals surface area contributed by atoms with Crippen molar-refractivity contribution in [3.8, 4) is 0 Å². The van der Waals surface area contributed by atoms with Gasteiger partial charge < -0.3 is 9.80 Å². The van der Waals surface area contributed by atoms with Gasteiger partial charge in [-0.15, -0.1) is 0 Å². The maximum Gasteiger partial charge on any atom is 0.416 e. The summed E-state index contributed by atoms with van der Waals surface area (Å²) in [6, 6.07) is 1.81. The Balaban J connectivity index is 1.68. The Morgan fingerprint density at radius 1 is 0.912 bits per heavy atom. The van der Waals surface area contributed by atoms with Gasteiger partial charge in [-0.3, -0.25) is 4.90 Å². The molecule has 1 saturated heterocycles. The monoisotopic (exact) mass is 491 g/mol. The van der Waals surface area contributed by atoms with Gasteiger partial charge in [0.15, 0.2) is 0 Å². The molecule has 34 heavy (non-hydrogen) atoms. The molecule has 9 heteroatoms. The van der Waals surface area contributed by atoms with E-state index in [1.807, 2.05) is 13.0 Å². The molecule has 3 rings (SSSR count). The highest BCUT2D eigenvalue weighted by Gasteiger charge is 2.37. The summed E-state index contributed by atoms with van der Waals surface area (Å²) in [5.74, 6) is 1.61. The molecule has 192 valence electrons. The highest BCUT2D eigenvalue weighted by molar-refractivity contribution is 5.34. The molecule has 0 radical (unpaired) electrons. The average Bonchev–Trinajstić information content (AvgIpc) is 2.77. The number of piperazine rings is 1. The van der Waals surface area contributed by atoms with Crippen LogP contribution in [0.15, 0.2) is 30.1 Å². The number of hydrogen-bond donors (Lipinski definition) is 0. The molecule has 0 atom stereocenters. The van der Waals surface area contributed by atoms with Crippen molar-refractivity contribution in [1.29, 1.82) is 0 Å². The van der Waals surface area contributed by atoms with Gasteiger partial charge in [0, 0.05) is 46.3 Å². The van der Waals surface area contributed by atoms with E-state index < -0.39 is 23.5 Å². The lowest BCUT2D eigenvalue weighted by atomic mass is 9.89. The first-order chi connectivity index (χ1) is 16.0. The van der Waals surface area contributed by atoms with Crippen molar-refractivity contribution in [2.45, 2.75) is 64.3 Å². The standard InChI is InChI=1S/C25H35F6N3/c1-3-7-23(34-12-10-33(11-13-34)18-19-8-5-4-6-9-19)32(2)17-20-14-21(24(26,27)28)16-22(15-20)25(29,30)31/h7,14-16,19H,3-6,8-13,17-18H2,1-2H3/b23-7-. The summed E-state index contributed by atoms with van der Waals surface area (Å²) in [4.78, 5) is 6.44. The molecule has 3 nitrogen and oxygen atoms in total. The van der Waals surface area contributed by atoms with Gasteiger partial charge in [0.05, 0.1) is 16.9 Å². The van der Waals surface area contributed by atoms with Crippen molar-refractivity contribution >= 4 is 0 Å². The maximum atomic E-state index is 13.2. The smallest absolute Gasteiger partial charge is 0.357 e. The minimum Gasteiger partial charge on any atom is -0.357 e. The van der Waals surface area contributed by atoms with Crippen LogP contribution in [-0.4, -0.2) is 54.5 Å². The molecule has 1 saturated carbocycles. The van der Waals surface area contributed by atoms with Crippen LogP contribution in [0, 0.1) is 5.92 Å². The van der Waals surface area contributed by atoms with Crippen LogP contribution in [0.4, 0.5) is 26.3 Å². The van der Waals surface area contributed by atoms with E-state index in [1.54, 1.807) is 11.9 Å². The number of rotatable bonds is 7. The van der Waals surface area contributed by atoms with Crippen molar-refractivity contribution in [3.63, 3.8) is 0 Å². The maximum absolute atomic E-state index is 13.2. The van der Waals surface area contributed by atoms with Gasteiger partial charge in [0.1, 0.15) is 0 Å². The predicted molar refractivity (Wildman–Crippen MR) is 121 cm³/mol. The zero-order chi connectivity index (χ0) is 24.9. The van der Waals surface area contributed by atoms with Gasteiger partial charge in [0.25, 0.3) is 0 Å². The molecule has 0 amide bonds. The van der Waals surface area contributed by atoms with Gasteiger partial charge in [-0.25, -0.2) is 0 Å². The van der Waals surface area contributed by atoms with Crippen molar-refractivity contribution < 1.29 is 26.3 Å². The van der Waals surface area contributed by atoms with E-state index in [0.29, 0.717) is 0 Å². The second-order valence-corrected chi connectivity index (χ2v) is 9.53. The van der Waals surface area contributed by atoms with Crippen LogP contribution >= 0.6 is 0 Å². The SMILES string of the molecule is CC/C=C(/N(C)Cc1cc(C(F)(F)F)cc(C(F)(F)F)c1)N1CCN(CC2CCCCC2)CC1. The topological polar surface area (TPSA) is 9.72 Å². The second kappa shape index (κ2) is 11.2. The highest BCUT2D eigenvalue weighted by atomic mass is 19.4. The number of hydrogen-bond acceptors (Lipinski definition) is 3. The minimum absolute atomic E-state index is 0.0115. The van der Waals surface area contributed by atoms with Crippen molar-refractivity contribution in [1.82, 2.24) is 14.7 Å². The predicted octanol–water partition coefficient (Wildman–Crippen LogP) is 6.61. The third-order valence-electron chi connectivity index (χ3n) is 6.78. The van der Waals surface area contributed by atoms with E-state index in [9.17, 15) is 26.3 Å². The number of nitrogens with zero attached hydrogens (tertiary/aromatic N) is 3. The summed E-state index contributed by atoms with van der Waals surface area (Å²) in [6.07, 6.45) is -0.432. The second-order valence-electron chi connectivity index (χ2n) is 9.53. The fraction of sp³-hybridized carbons (Fsp3) is 0.680. The first kappa shape index (κ1) is 26.7. The zero-order valence-corrected chi connectivity index (χ0v) is 20.0. The van der Waals surface area contributed by atoms with E-state index in [-0.39, 0.29) is 18.2 Å². The fourth-order valence-corrected chi connectivity index (χ4v) is 5.07. The lowest BCUT2D eigenvalue weighted by Gasteiger charge is -2.41. The van der Waals surface area contributed by atoms with Gasteiger partial charge in [-0.2, -0.15) is 26.3 Å². The lowest BCUT2D eigenvalue weighted by molar-refractivity contribution is -0.143. The molecule has 2 aliphatic rings. The molecule has 1 aromatic rings. The summed E-state index contributed by atoms with van der Waals surface area (Å²) in [6.45, 7) is 6.44. The Kier molecular flexibility index (Phi) is 8.82. The third-order valence-corrected chi connectivity index (χ3v) is 6.78. The van der Waals surface area contributed by atoms with Crippen molar-refractivity contribution in [2.75, 3.05) is 39.8 Å². The van der Waals surface area contributed by atoms with E-state index >= 15 is 0 Å². The molecule has 0 bridgehead atoms. The summed E-state index contributed by atoms with van der Waals surface area (Å²) in [5.41, 5.74) is -2.56. The van der Waals surface area contributed by atoms with Gasteiger partial charge in [0.2, 0.25) is 0 Å². The number of benzene rings is 1. The van der Waals surface area contributed by atoms with Crippen molar-refractivity contribution in [2.24, 2.45) is 5.92 Å². The minimum atomic E-state index is -4.84. The summed E-state index contributed by atoms with van der Waals surface area (Å²) >= 11 is 0. The Bertz CT molecular complexity index is 787. The Hall–Kier alpha value is -1.90. The highest BCUT2D eigenvalue weighted by Crippen LogP contribution is 2.36. The van der Waals surface area contributed by atoms with Crippen LogP contribution in [0.3, 0.4) is 0 Å². The molecule has 0 spiro atoms. The molecular weight excluding hydrogens is 456 g/mol. The number of halogens is 6. The summed E-state index contributed by atoms with van der Waals surface area (Å²) < 4.78 is 79.5. The molecule has 0 aromatic heterocycles. The quantitative estimate of drug-likeness (QED) is 0.398. The molecule has 1 aliphatic heterocycles. The van der Waals surface area contributed by atoms with E-state index in [2.05, 4.69) is 9.80 Å². The zero-order valence-electron chi connectivity index (χ0n) is 20.0. The van der Waals surface area contributed by atoms with Crippen LogP contribution in [-0.2, 0) is 18.9 Å². The van der Waals surface area contributed by atoms with Crippen LogP contribution in [0.5, 0.6) is 0 Å². The van der Waals surface area contributed by atoms with E-state index in [0.717, 1.165) is 63.0 Å². The Morgan fingerprint density at radius 2 is 1.47 bits per heavy atom. The molecular formula is C25H35F6N3. The number of alkyl halides is 6.